The highest BCUT2D eigenvalue weighted by atomic mass is 32.1. The molecule has 22 heavy (non-hydrogen) atoms. The Morgan fingerprint density at radius 1 is 1.32 bits per heavy atom. The maximum atomic E-state index is 12.5. The molecule has 0 aliphatic heterocycles. The van der Waals surface area contributed by atoms with Gasteiger partial charge in [-0.05, 0) is 26.3 Å². The molecule has 0 aromatic carbocycles. The second kappa shape index (κ2) is 7.79. The highest BCUT2D eigenvalue weighted by molar-refractivity contribution is 7.14. The molecule has 0 N–H and O–H groups in total. The third kappa shape index (κ3) is 3.97. The molecule has 2 heterocycles. The molecule has 0 saturated heterocycles. The fraction of sp³-hybridized carbons (Fsp3) is 0.500. The van der Waals surface area contributed by atoms with Gasteiger partial charge in [0.25, 0.3) is 10.7 Å². The van der Waals surface area contributed by atoms with Crippen molar-refractivity contribution in [3.8, 4) is 5.75 Å². The van der Waals surface area contributed by atoms with Gasteiger partial charge in [0.05, 0.1) is 6.61 Å². The zero-order valence-corrected chi connectivity index (χ0v) is 13.8. The van der Waals surface area contributed by atoms with E-state index in [1.54, 1.807) is 16.8 Å². The van der Waals surface area contributed by atoms with Crippen molar-refractivity contribution in [3.63, 3.8) is 0 Å². The summed E-state index contributed by atoms with van der Waals surface area (Å²) in [6, 6.07) is 1.75. The first-order valence-corrected chi connectivity index (χ1v) is 8.05. The molecule has 118 valence electrons. The van der Waals surface area contributed by atoms with Gasteiger partial charge in [0.2, 0.25) is 0 Å². The van der Waals surface area contributed by atoms with Gasteiger partial charge in [-0.25, -0.2) is 0 Å². The minimum atomic E-state index is -0.204. The molecule has 7 nitrogen and oxygen atoms in total. The number of hydrogen-bond donors (Lipinski definition) is 0. The van der Waals surface area contributed by atoms with Crippen LogP contribution in [-0.2, 0) is 6.54 Å². The first kappa shape index (κ1) is 16.3. The molecule has 0 aliphatic rings. The normalized spacial score (nSPS) is 11.2. The lowest BCUT2D eigenvalue weighted by molar-refractivity contribution is 0.339. The molecule has 0 saturated carbocycles. The summed E-state index contributed by atoms with van der Waals surface area (Å²) in [5.74, 6) is 0.435. The van der Waals surface area contributed by atoms with Crippen LogP contribution in [0.15, 0.2) is 27.3 Å². The van der Waals surface area contributed by atoms with Crippen molar-refractivity contribution >= 4 is 22.2 Å². The van der Waals surface area contributed by atoms with E-state index < -0.39 is 0 Å². The molecule has 0 amide bonds. The average molecular weight is 321 g/mol. The van der Waals surface area contributed by atoms with Crippen LogP contribution < -0.4 is 10.3 Å². The van der Waals surface area contributed by atoms with Crippen LogP contribution in [0, 0.1) is 6.92 Å². The standard InChI is InChI=1S/C14H19N5O2S/c1-4-6-8-19-9-7-11(21-5-2)12(13(19)20)16-18-14-17-15-10(3)22-14/h7,9H,4-6,8H2,1-3H3/b18-16+. The van der Waals surface area contributed by atoms with E-state index in [2.05, 4.69) is 27.3 Å². The zero-order valence-electron chi connectivity index (χ0n) is 12.9. The van der Waals surface area contributed by atoms with Crippen molar-refractivity contribution < 1.29 is 4.74 Å². The third-order valence-electron chi connectivity index (χ3n) is 2.91. The van der Waals surface area contributed by atoms with Gasteiger partial charge in [0.15, 0.2) is 11.4 Å². The van der Waals surface area contributed by atoms with Gasteiger partial charge in [-0.15, -0.1) is 20.4 Å². The summed E-state index contributed by atoms with van der Waals surface area (Å²) in [4.78, 5) is 12.5. The number of unbranched alkanes of at least 4 members (excludes halogenated alkanes) is 1. The van der Waals surface area contributed by atoms with E-state index in [0.29, 0.717) is 24.0 Å². The Labute approximate surface area is 132 Å². The van der Waals surface area contributed by atoms with E-state index >= 15 is 0 Å². The maximum Gasteiger partial charge on any atom is 0.282 e. The minimum Gasteiger partial charge on any atom is -0.491 e. The van der Waals surface area contributed by atoms with Gasteiger partial charge < -0.3 is 9.30 Å². The van der Waals surface area contributed by atoms with E-state index in [1.165, 1.54) is 11.3 Å². The molecule has 0 aliphatic carbocycles. The van der Waals surface area contributed by atoms with Crippen LogP contribution in [0.3, 0.4) is 0 Å². The molecule has 0 fully saturated rings. The van der Waals surface area contributed by atoms with Crippen LogP contribution in [-0.4, -0.2) is 21.4 Å². The lowest BCUT2D eigenvalue weighted by atomic mass is 10.3. The summed E-state index contributed by atoms with van der Waals surface area (Å²) in [6.07, 6.45) is 3.68. The number of aromatic nitrogens is 3. The molecule has 8 heteroatoms. The molecule has 0 spiro atoms. The summed E-state index contributed by atoms with van der Waals surface area (Å²) in [5.41, 5.74) is -0.00214. The number of hydrogen-bond acceptors (Lipinski definition) is 7. The summed E-state index contributed by atoms with van der Waals surface area (Å²) < 4.78 is 7.10. The smallest absolute Gasteiger partial charge is 0.282 e. The SMILES string of the molecule is CCCCn1ccc(OCC)c(/N=N/c2nnc(C)s2)c1=O. The number of ether oxygens (including phenoxy) is 1. The molecule has 0 unspecified atom stereocenters. The van der Waals surface area contributed by atoms with Gasteiger partial charge in [0.1, 0.15) is 5.01 Å². The Kier molecular flexibility index (Phi) is 5.76. The molecule has 0 bridgehead atoms. The Morgan fingerprint density at radius 3 is 2.77 bits per heavy atom. The van der Waals surface area contributed by atoms with Crippen molar-refractivity contribution in [2.75, 3.05) is 6.61 Å². The molecular weight excluding hydrogens is 302 g/mol. The van der Waals surface area contributed by atoms with Crippen LogP contribution in [0.1, 0.15) is 31.7 Å². The van der Waals surface area contributed by atoms with Crippen molar-refractivity contribution in [2.24, 2.45) is 10.2 Å². The number of aryl methyl sites for hydroxylation is 2. The topological polar surface area (TPSA) is 81.7 Å². The van der Waals surface area contributed by atoms with Gasteiger partial charge in [-0.2, -0.15) is 0 Å². The van der Waals surface area contributed by atoms with Gasteiger partial charge in [-0.3, -0.25) is 4.79 Å². The lowest BCUT2D eigenvalue weighted by Gasteiger charge is -2.09. The van der Waals surface area contributed by atoms with Crippen molar-refractivity contribution in [1.82, 2.24) is 14.8 Å². The molecular formula is C14H19N5O2S. The molecule has 2 aromatic heterocycles. The fourth-order valence-corrected chi connectivity index (χ4v) is 2.34. The molecule has 0 radical (unpaired) electrons. The summed E-state index contributed by atoms with van der Waals surface area (Å²) >= 11 is 1.32. The predicted molar refractivity (Wildman–Crippen MR) is 85.6 cm³/mol. The van der Waals surface area contributed by atoms with E-state index in [-0.39, 0.29) is 11.2 Å². The van der Waals surface area contributed by atoms with Crippen LogP contribution in [0.2, 0.25) is 0 Å². The van der Waals surface area contributed by atoms with E-state index in [9.17, 15) is 4.79 Å². The van der Waals surface area contributed by atoms with Crippen molar-refractivity contribution in [1.29, 1.82) is 0 Å². The minimum absolute atomic E-state index is 0.202. The second-order valence-corrected chi connectivity index (χ2v) is 5.78. The third-order valence-corrected chi connectivity index (χ3v) is 3.63. The van der Waals surface area contributed by atoms with E-state index in [1.807, 2.05) is 13.8 Å². The van der Waals surface area contributed by atoms with Gasteiger partial charge >= 0.3 is 0 Å². The highest BCUT2D eigenvalue weighted by Crippen LogP contribution is 2.26. The number of rotatable bonds is 7. The maximum absolute atomic E-state index is 12.5. The van der Waals surface area contributed by atoms with Crippen molar-refractivity contribution in [3.05, 3.63) is 27.6 Å². The fourth-order valence-electron chi connectivity index (χ4n) is 1.83. The lowest BCUT2D eigenvalue weighted by Crippen LogP contribution is -2.19. The summed E-state index contributed by atoms with van der Waals surface area (Å²) in [5, 5.41) is 17.0. The molecule has 2 rings (SSSR count). The Morgan fingerprint density at radius 2 is 2.14 bits per heavy atom. The first-order valence-electron chi connectivity index (χ1n) is 7.23. The quantitative estimate of drug-likeness (QED) is 0.729. The second-order valence-electron chi connectivity index (χ2n) is 4.62. The Balaban J connectivity index is 2.36. The Bertz CT molecular complexity index is 707. The van der Waals surface area contributed by atoms with E-state index in [0.717, 1.165) is 17.8 Å². The first-order chi connectivity index (χ1) is 10.7. The Hall–Kier alpha value is -2.09. The van der Waals surface area contributed by atoms with Gasteiger partial charge in [0, 0.05) is 12.7 Å². The summed E-state index contributed by atoms with van der Waals surface area (Å²) in [7, 11) is 0. The van der Waals surface area contributed by atoms with Gasteiger partial charge in [-0.1, -0.05) is 24.7 Å². The number of pyridine rings is 1. The van der Waals surface area contributed by atoms with Crippen LogP contribution in [0.25, 0.3) is 0 Å². The zero-order chi connectivity index (χ0) is 15.9. The average Bonchev–Trinajstić information content (AvgIpc) is 2.92. The predicted octanol–water partition coefficient (Wildman–Crippen LogP) is 3.62. The number of nitrogens with zero attached hydrogens (tertiary/aromatic N) is 5. The summed E-state index contributed by atoms with van der Waals surface area (Å²) in [6.45, 7) is 6.89. The van der Waals surface area contributed by atoms with Crippen LogP contribution in [0.5, 0.6) is 5.75 Å². The van der Waals surface area contributed by atoms with E-state index in [4.69, 9.17) is 4.74 Å². The number of azo groups is 1. The monoisotopic (exact) mass is 321 g/mol. The van der Waals surface area contributed by atoms with Crippen LogP contribution in [0.4, 0.5) is 10.8 Å². The molecule has 2 aromatic rings. The van der Waals surface area contributed by atoms with Crippen molar-refractivity contribution in [2.45, 2.75) is 40.2 Å². The highest BCUT2D eigenvalue weighted by Gasteiger charge is 2.11. The molecule has 0 atom stereocenters. The van der Waals surface area contributed by atoms with Crippen LogP contribution >= 0.6 is 11.3 Å². The largest absolute Gasteiger partial charge is 0.491 e.